The van der Waals surface area contributed by atoms with E-state index in [4.69, 9.17) is 0 Å². The minimum absolute atomic E-state index is 0.0692. The fourth-order valence-corrected chi connectivity index (χ4v) is 3.07. The average Bonchev–Trinajstić information content (AvgIpc) is 2.85. The molecule has 1 aromatic rings. The van der Waals surface area contributed by atoms with Gasteiger partial charge in [-0.15, -0.1) is 0 Å². The first kappa shape index (κ1) is 20.9. The maximum absolute atomic E-state index is 13.3. The summed E-state index contributed by atoms with van der Waals surface area (Å²) >= 11 is 0. The fraction of sp³-hybridized carbons (Fsp3) is 0.550. The molecule has 1 saturated heterocycles. The van der Waals surface area contributed by atoms with Gasteiger partial charge in [0.2, 0.25) is 5.91 Å². The van der Waals surface area contributed by atoms with E-state index in [0.717, 1.165) is 11.3 Å². The highest BCUT2D eigenvalue weighted by atomic mass is 19.1. The molecule has 2 rings (SSSR count). The van der Waals surface area contributed by atoms with Crippen LogP contribution >= 0.6 is 0 Å². The second-order valence-corrected chi connectivity index (χ2v) is 7.44. The Morgan fingerprint density at radius 2 is 1.85 bits per heavy atom. The summed E-state index contributed by atoms with van der Waals surface area (Å²) in [5.74, 6) is -1.04. The molecule has 0 bridgehead atoms. The first-order chi connectivity index (χ1) is 12.7. The number of urea groups is 1. The number of hydrogen-bond acceptors (Lipinski definition) is 3. The first-order valence-electron chi connectivity index (χ1n) is 9.40. The molecule has 6 nitrogen and oxygen atoms in total. The maximum atomic E-state index is 13.3. The normalized spacial score (nSPS) is 20.7. The Bertz CT molecular complexity index is 705. The summed E-state index contributed by atoms with van der Waals surface area (Å²) in [5, 5.41) is 5.56. The molecule has 4 amide bonds. The number of carbonyl (C=O) groups is 3. The number of nitrogens with one attached hydrogen (secondary N) is 2. The topological polar surface area (TPSA) is 78.5 Å². The van der Waals surface area contributed by atoms with Gasteiger partial charge in [-0.1, -0.05) is 45.7 Å². The third kappa shape index (κ3) is 4.46. The second kappa shape index (κ2) is 8.50. The number of hydrogen-bond donors (Lipinski definition) is 2. The summed E-state index contributed by atoms with van der Waals surface area (Å²) in [5.41, 5.74) is -0.737. The Morgan fingerprint density at radius 3 is 2.41 bits per heavy atom. The van der Waals surface area contributed by atoms with E-state index in [1.54, 1.807) is 0 Å². The van der Waals surface area contributed by atoms with E-state index >= 15 is 0 Å². The summed E-state index contributed by atoms with van der Waals surface area (Å²) in [4.78, 5) is 38.9. The molecule has 0 saturated carbocycles. The summed E-state index contributed by atoms with van der Waals surface area (Å²) in [6.07, 6.45) is 1.92. The smallest absolute Gasteiger partial charge is 0.325 e. The minimum Gasteiger partial charge on any atom is -0.352 e. The maximum Gasteiger partial charge on any atom is 0.325 e. The van der Waals surface area contributed by atoms with Gasteiger partial charge in [-0.2, -0.15) is 0 Å². The number of halogens is 1. The molecular weight excluding hydrogens is 349 g/mol. The predicted octanol–water partition coefficient (Wildman–Crippen LogP) is 2.92. The molecule has 0 unspecified atom stereocenters. The summed E-state index contributed by atoms with van der Waals surface area (Å²) < 4.78 is 13.3. The molecular formula is C20H28FN3O3. The molecule has 0 aliphatic carbocycles. The van der Waals surface area contributed by atoms with E-state index in [1.807, 2.05) is 27.7 Å². The summed E-state index contributed by atoms with van der Waals surface area (Å²) in [7, 11) is 0. The molecule has 2 atom stereocenters. The van der Waals surface area contributed by atoms with Gasteiger partial charge in [0.1, 0.15) is 17.9 Å². The number of rotatable bonds is 8. The van der Waals surface area contributed by atoms with Crippen molar-refractivity contribution in [1.82, 2.24) is 15.5 Å². The number of unbranched alkanes of at least 4 members (excludes halogenated alkanes) is 1. The van der Waals surface area contributed by atoms with Crippen molar-refractivity contribution in [2.75, 3.05) is 6.54 Å². The number of amides is 4. The van der Waals surface area contributed by atoms with Crippen molar-refractivity contribution in [1.29, 1.82) is 0 Å². The zero-order chi connectivity index (χ0) is 20.2. The van der Waals surface area contributed by atoms with Crippen LogP contribution in [0.25, 0.3) is 0 Å². The Morgan fingerprint density at radius 1 is 1.22 bits per heavy atom. The van der Waals surface area contributed by atoms with E-state index in [-0.39, 0.29) is 24.4 Å². The highest BCUT2D eigenvalue weighted by molar-refractivity contribution is 6.09. The van der Waals surface area contributed by atoms with E-state index in [1.165, 1.54) is 24.3 Å². The zero-order valence-electron chi connectivity index (χ0n) is 16.3. The van der Waals surface area contributed by atoms with Gasteiger partial charge in [0.05, 0.1) is 0 Å². The lowest BCUT2D eigenvalue weighted by Gasteiger charge is -2.27. The highest BCUT2D eigenvalue weighted by Crippen LogP contribution is 2.34. The van der Waals surface area contributed by atoms with Crippen LogP contribution in [0.5, 0.6) is 0 Å². The third-order valence-electron chi connectivity index (χ3n) is 5.11. The molecule has 27 heavy (non-hydrogen) atoms. The van der Waals surface area contributed by atoms with Crippen molar-refractivity contribution >= 4 is 17.8 Å². The second-order valence-electron chi connectivity index (χ2n) is 7.44. The Balaban J connectivity index is 2.25. The number of nitrogens with zero attached hydrogens (tertiary/aromatic N) is 1. The lowest BCUT2D eigenvalue weighted by molar-refractivity contribution is -0.135. The SMILES string of the molecule is CCCC[C@]1(c2ccc(F)cc2)NC(=O)N(CC(=O)N[C@H](C)C(C)C)C1=O. The zero-order valence-corrected chi connectivity index (χ0v) is 16.3. The van der Waals surface area contributed by atoms with Crippen LogP contribution in [-0.2, 0) is 15.1 Å². The Kier molecular flexibility index (Phi) is 6.57. The van der Waals surface area contributed by atoms with E-state index < -0.39 is 23.3 Å². The van der Waals surface area contributed by atoms with Crippen molar-refractivity contribution in [2.24, 2.45) is 5.92 Å². The molecule has 1 aliphatic rings. The Labute approximate surface area is 159 Å². The van der Waals surface area contributed by atoms with Crippen molar-refractivity contribution in [3.63, 3.8) is 0 Å². The van der Waals surface area contributed by atoms with E-state index in [9.17, 15) is 18.8 Å². The van der Waals surface area contributed by atoms with Gasteiger partial charge in [-0.05, 0) is 37.0 Å². The number of carbonyl (C=O) groups excluding carboxylic acids is 3. The predicted molar refractivity (Wildman–Crippen MR) is 100 cm³/mol. The van der Waals surface area contributed by atoms with Gasteiger partial charge in [0.15, 0.2) is 0 Å². The van der Waals surface area contributed by atoms with Gasteiger partial charge in [0, 0.05) is 6.04 Å². The van der Waals surface area contributed by atoms with Gasteiger partial charge in [-0.3, -0.25) is 14.5 Å². The van der Waals surface area contributed by atoms with E-state index in [2.05, 4.69) is 10.6 Å². The van der Waals surface area contributed by atoms with Crippen LogP contribution in [-0.4, -0.2) is 35.3 Å². The van der Waals surface area contributed by atoms with Crippen LogP contribution in [0.2, 0.25) is 0 Å². The largest absolute Gasteiger partial charge is 0.352 e. The summed E-state index contributed by atoms with van der Waals surface area (Å²) in [6, 6.07) is 4.87. The quantitative estimate of drug-likeness (QED) is 0.684. The van der Waals surface area contributed by atoms with Crippen molar-refractivity contribution in [3.05, 3.63) is 35.6 Å². The van der Waals surface area contributed by atoms with Crippen LogP contribution in [0, 0.1) is 11.7 Å². The number of benzene rings is 1. The monoisotopic (exact) mass is 377 g/mol. The number of imide groups is 1. The molecule has 1 heterocycles. The van der Waals surface area contributed by atoms with Crippen LogP contribution < -0.4 is 10.6 Å². The minimum atomic E-state index is -1.26. The van der Waals surface area contributed by atoms with Crippen molar-refractivity contribution in [2.45, 2.75) is 58.5 Å². The average molecular weight is 377 g/mol. The lowest BCUT2D eigenvalue weighted by atomic mass is 9.85. The van der Waals surface area contributed by atoms with Crippen LogP contribution in [0.15, 0.2) is 24.3 Å². The molecule has 1 fully saturated rings. The summed E-state index contributed by atoms with van der Waals surface area (Å²) in [6.45, 7) is 7.47. The van der Waals surface area contributed by atoms with Gasteiger partial charge >= 0.3 is 6.03 Å². The Hall–Kier alpha value is -2.44. The third-order valence-corrected chi connectivity index (χ3v) is 5.11. The van der Waals surface area contributed by atoms with Gasteiger partial charge in [0.25, 0.3) is 5.91 Å². The van der Waals surface area contributed by atoms with Crippen LogP contribution in [0.4, 0.5) is 9.18 Å². The fourth-order valence-electron chi connectivity index (χ4n) is 3.07. The molecule has 1 aliphatic heterocycles. The standard InChI is InChI=1S/C20H28FN3O3/c1-5-6-11-20(15-7-9-16(21)10-8-15)18(26)24(19(27)23-20)12-17(25)22-14(4)13(2)3/h7-10,13-14H,5-6,11-12H2,1-4H3,(H,22,25)(H,23,27)/t14-,20-/m1/s1. The highest BCUT2D eigenvalue weighted by Gasteiger charge is 2.52. The molecule has 148 valence electrons. The van der Waals surface area contributed by atoms with Crippen LogP contribution in [0.1, 0.15) is 52.5 Å². The van der Waals surface area contributed by atoms with E-state index in [0.29, 0.717) is 18.4 Å². The molecule has 7 heteroatoms. The molecule has 0 aromatic heterocycles. The lowest BCUT2D eigenvalue weighted by Crippen LogP contribution is -2.46. The first-order valence-corrected chi connectivity index (χ1v) is 9.40. The molecule has 1 aromatic carbocycles. The van der Waals surface area contributed by atoms with Crippen LogP contribution in [0.3, 0.4) is 0 Å². The van der Waals surface area contributed by atoms with Crippen molar-refractivity contribution < 1.29 is 18.8 Å². The molecule has 2 N–H and O–H groups in total. The van der Waals surface area contributed by atoms with Gasteiger partial charge in [-0.25, -0.2) is 9.18 Å². The molecule has 0 radical (unpaired) electrons. The van der Waals surface area contributed by atoms with Crippen molar-refractivity contribution in [3.8, 4) is 0 Å². The molecule has 0 spiro atoms. The van der Waals surface area contributed by atoms with Gasteiger partial charge < -0.3 is 10.6 Å².